The topological polar surface area (TPSA) is 75.4 Å². The summed E-state index contributed by atoms with van der Waals surface area (Å²) in [5.41, 5.74) is -0.0456. The summed E-state index contributed by atoms with van der Waals surface area (Å²) in [5, 5.41) is 24.3. The molecule has 5 nitrogen and oxygen atoms in total. The highest BCUT2D eigenvalue weighted by Gasteiger charge is 2.34. The van der Waals surface area contributed by atoms with Crippen LogP contribution in [0.5, 0.6) is 0 Å². The molecule has 0 radical (unpaired) electrons. The third kappa shape index (κ3) is 4.37. The normalized spacial score (nSPS) is 13.6. The van der Waals surface area contributed by atoms with Crippen LogP contribution in [-0.4, -0.2) is 23.1 Å². The van der Waals surface area contributed by atoms with E-state index in [0.29, 0.717) is 18.5 Å². The van der Waals surface area contributed by atoms with E-state index in [-0.39, 0.29) is 0 Å². The molecule has 2 N–H and O–H groups in total. The van der Waals surface area contributed by atoms with Gasteiger partial charge in [0.15, 0.2) is 0 Å². The van der Waals surface area contributed by atoms with Gasteiger partial charge in [-0.1, -0.05) is 60.7 Å². The van der Waals surface area contributed by atoms with Gasteiger partial charge in [0, 0.05) is 17.0 Å². The molecule has 0 amide bonds. The van der Waals surface area contributed by atoms with Crippen molar-refractivity contribution in [3.05, 3.63) is 81.9 Å². The molecule has 0 spiro atoms. The Balaban J connectivity index is 2.05. The smallest absolute Gasteiger partial charge is 0.250 e. The first-order chi connectivity index (χ1) is 10.1. The quantitative estimate of drug-likeness (QED) is 0.463. The maximum atomic E-state index is 10.8. The minimum atomic E-state index is -1.65. The molecule has 0 bridgehead atoms. The fourth-order valence-electron chi connectivity index (χ4n) is 2.21. The van der Waals surface area contributed by atoms with Crippen molar-refractivity contribution >= 4 is 0 Å². The second kappa shape index (κ2) is 6.97. The van der Waals surface area contributed by atoms with E-state index >= 15 is 0 Å². The van der Waals surface area contributed by atoms with Gasteiger partial charge in [0.1, 0.15) is 0 Å². The van der Waals surface area contributed by atoms with Crippen LogP contribution in [0.4, 0.5) is 0 Å². The molecule has 0 aliphatic heterocycles. The lowest BCUT2D eigenvalue weighted by Crippen LogP contribution is -2.48. The number of nitrogens with zero attached hydrogens (tertiary/aromatic N) is 1. The predicted octanol–water partition coefficient (Wildman–Crippen LogP) is 1.94. The van der Waals surface area contributed by atoms with Crippen molar-refractivity contribution in [3.8, 4) is 0 Å². The molecule has 0 aliphatic carbocycles. The van der Waals surface area contributed by atoms with Crippen LogP contribution in [0.1, 0.15) is 11.1 Å². The third-order valence-corrected chi connectivity index (χ3v) is 3.28. The number of benzene rings is 2. The van der Waals surface area contributed by atoms with Gasteiger partial charge in [-0.2, -0.15) is 0 Å². The summed E-state index contributed by atoms with van der Waals surface area (Å²) in [6, 6.07) is 18.4. The molecular formula is C16H18N2O3. The van der Waals surface area contributed by atoms with Gasteiger partial charge in [-0.15, -0.1) is 0 Å². The fourth-order valence-corrected chi connectivity index (χ4v) is 2.21. The van der Waals surface area contributed by atoms with E-state index in [1.807, 2.05) is 30.3 Å². The van der Waals surface area contributed by atoms with Crippen molar-refractivity contribution in [2.75, 3.05) is 13.1 Å². The van der Waals surface area contributed by atoms with Crippen LogP contribution in [-0.2, 0) is 12.1 Å². The Morgan fingerprint density at radius 2 is 1.62 bits per heavy atom. The highest BCUT2D eigenvalue weighted by atomic mass is 16.6. The van der Waals surface area contributed by atoms with Gasteiger partial charge in [-0.05, 0) is 12.0 Å². The fraction of sp³-hybridized carbons (Fsp3) is 0.250. The monoisotopic (exact) mass is 286 g/mol. The van der Waals surface area contributed by atoms with Crippen molar-refractivity contribution < 1.29 is 10.0 Å². The number of nitro groups is 1. The molecule has 2 rings (SSSR count). The number of nitrogens with one attached hydrogen (secondary N) is 1. The van der Waals surface area contributed by atoms with E-state index in [9.17, 15) is 15.2 Å². The lowest BCUT2D eigenvalue weighted by Gasteiger charge is -2.26. The summed E-state index contributed by atoms with van der Waals surface area (Å²) in [6.45, 7) is -0.130. The Kier molecular flexibility index (Phi) is 5.03. The van der Waals surface area contributed by atoms with Crippen molar-refractivity contribution in [2.24, 2.45) is 0 Å². The van der Waals surface area contributed by atoms with Gasteiger partial charge in [0.2, 0.25) is 12.3 Å². The molecule has 110 valence electrons. The number of hydrogen-bond acceptors (Lipinski definition) is 4. The highest BCUT2D eigenvalue weighted by molar-refractivity contribution is 5.22. The van der Waals surface area contributed by atoms with E-state index < -0.39 is 17.2 Å². The number of aliphatic hydroxyl groups is 1. The highest BCUT2D eigenvalue weighted by Crippen LogP contribution is 2.18. The van der Waals surface area contributed by atoms with Crippen LogP contribution in [0.2, 0.25) is 0 Å². The second-order valence-corrected chi connectivity index (χ2v) is 4.88. The van der Waals surface area contributed by atoms with E-state index in [2.05, 4.69) is 5.32 Å². The van der Waals surface area contributed by atoms with Crippen LogP contribution in [0.15, 0.2) is 60.7 Å². The molecule has 2 aromatic rings. The summed E-state index contributed by atoms with van der Waals surface area (Å²) in [6.07, 6.45) is 0.688. The summed E-state index contributed by atoms with van der Waals surface area (Å²) >= 11 is 0. The maximum Gasteiger partial charge on any atom is 0.250 e. The van der Waals surface area contributed by atoms with Crippen molar-refractivity contribution in [1.29, 1.82) is 0 Å². The van der Waals surface area contributed by atoms with Crippen molar-refractivity contribution in [1.82, 2.24) is 5.32 Å². The first-order valence-corrected chi connectivity index (χ1v) is 6.79. The molecule has 0 fully saturated rings. The van der Waals surface area contributed by atoms with E-state index in [1.165, 1.54) is 0 Å². The van der Waals surface area contributed by atoms with Crippen LogP contribution >= 0.6 is 0 Å². The van der Waals surface area contributed by atoms with Gasteiger partial charge in [0.05, 0.1) is 0 Å². The molecule has 0 saturated heterocycles. The molecule has 0 aliphatic rings. The van der Waals surface area contributed by atoms with Crippen LogP contribution in [0, 0.1) is 10.1 Å². The molecule has 1 unspecified atom stereocenters. The molecule has 1 atom stereocenters. The lowest BCUT2D eigenvalue weighted by atomic mass is 10.0. The Bertz CT molecular complexity index is 575. The van der Waals surface area contributed by atoms with E-state index in [4.69, 9.17) is 0 Å². The molecule has 0 aromatic heterocycles. The van der Waals surface area contributed by atoms with Crippen LogP contribution < -0.4 is 5.32 Å². The molecule has 5 heteroatoms. The Morgan fingerprint density at radius 1 is 1.05 bits per heavy atom. The maximum absolute atomic E-state index is 10.8. The molecule has 2 aromatic carbocycles. The van der Waals surface area contributed by atoms with Gasteiger partial charge in [-0.25, -0.2) is 0 Å². The molecule has 0 saturated carbocycles. The Hall–Kier alpha value is -2.24. The summed E-state index contributed by atoms with van der Waals surface area (Å²) < 4.78 is 0. The predicted molar refractivity (Wildman–Crippen MR) is 80.3 cm³/mol. The lowest BCUT2D eigenvalue weighted by molar-refractivity contribution is -0.505. The summed E-state index contributed by atoms with van der Waals surface area (Å²) in [4.78, 5) is 10.3. The van der Waals surface area contributed by atoms with Crippen LogP contribution in [0.25, 0.3) is 0 Å². The molecule has 21 heavy (non-hydrogen) atoms. The van der Waals surface area contributed by atoms with E-state index in [1.54, 1.807) is 30.3 Å². The van der Waals surface area contributed by atoms with E-state index in [0.717, 1.165) is 5.56 Å². The van der Waals surface area contributed by atoms with Crippen molar-refractivity contribution in [2.45, 2.75) is 12.1 Å². The zero-order valence-electron chi connectivity index (χ0n) is 11.6. The molecular weight excluding hydrogens is 268 g/mol. The average Bonchev–Trinajstić information content (AvgIpc) is 2.48. The summed E-state index contributed by atoms with van der Waals surface area (Å²) in [5.74, 6) is 0. The SMILES string of the molecule is O=[N+]([O-])CC(O)(NCCc1ccccc1)c1ccccc1. The van der Waals surface area contributed by atoms with Gasteiger partial charge < -0.3 is 5.11 Å². The molecule has 0 heterocycles. The standard InChI is InChI=1S/C16H18N2O3/c19-16(13-18(20)21,15-9-5-2-6-10-15)17-12-11-14-7-3-1-4-8-14/h1-10,17,19H,11-13H2. The zero-order valence-corrected chi connectivity index (χ0v) is 11.6. The van der Waals surface area contributed by atoms with Gasteiger partial charge in [-0.3, -0.25) is 15.4 Å². The van der Waals surface area contributed by atoms with Crippen LogP contribution in [0.3, 0.4) is 0 Å². The Morgan fingerprint density at radius 3 is 2.19 bits per heavy atom. The number of rotatable bonds is 7. The second-order valence-electron chi connectivity index (χ2n) is 4.88. The van der Waals surface area contributed by atoms with Gasteiger partial charge >= 0.3 is 0 Å². The van der Waals surface area contributed by atoms with Crippen molar-refractivity contribution in [3.63, 3.8) is 0 Å². The first kappa shape index (κ1) is 15.2. The minimum Gasteiger partial charge on any atom is -0.366 e. The summed E-state index contributed by atoms with van der Waals surface area (Å²) in [7, 11) is 0. The average molecular weight is 286 g/mol. The van der Waals surface area contributed by atoms with Gasteiger partial charge in [0.25, 0.3) is 0 Å². The third-order valence-electron chi connectivity index (χ3n) is 3.28. The first-order valence-electron chi connectivity index (χ1n) is 6.79. The largest absolute Gasteiger partial charge is 0.366 e. The Labute approximate surface area is 123 Å². The zero-order chi connectivity index (χ0) is 15.1. The minimum absolute atomic E-state index is 0.448. The number of hydrogen-bond donors (Lipinski definition) is 2.